The Hall–Kier alpha value is -1.29. The molecule has 0 radical (unpaired) electrons. The number of urea groups is 1. The molecule has 0 spiro atoms. The molecule has 0 aromatic carbocycles. The molecular weight excluding hydrogens is 178 g/mol. The molecule has 0 saturated heterocycles. The summed E-state index contributed by atoms with van der Waals surface area (Å²) in [5, 5.41) is 5.37. The fraction of sp³-hybridized carbons (Fsp3) is 0.143. The van der Waals surface area contributed by atoms with Crippen molar-refractivity contribution in [3.05, 3.63) is 23.5 Å². The Morgan fingerprint density at radius 3 is 3.00 bits per heavy atom. The molecular formula is C7H8ClN3O. The summed E-state index contributed by atoms with van der Waals surface area (Å²) in [6.45, 7) is 0. The standard InChI is InChI=1S/C7H8ClN3O/c1-9-7(12)11-6-2-3-10-4-5(6)8/h2-4H,1H3,(H2,9,10,11,12). The second kappa shape index (κ2) is 3.92. The largest absolute Gasteiger partial charge is 0.341 e. The summed E-state index contributed by atoms with van der Waals surface area (Å²) in [7, 11) is 1.53. The first kappa shape index (κ1) is 8.80. The summed E-state index contributed by atoms with van der Waals surface area (Å²) >= 11 is 5.72. The number of aromatic nitrogens is 1. The number of hydrogen-bond acceptors (Lipinski definition) is 2. The Bertz CT molecular complexity index is 290. The zero-order chi connectivity index (χ0) is 8.97. The summed E-state index contributed by atoms with van der Waals surface area (Å²) in [5.74, 6) is 0. The lowest BCUT2D eigenvalue weighted by molar-refractivity contribution is 0.254. The lowest BCUT2D eigenvalue weighted by Crippen LogP contribution is -2.24. The van der Waals surface area contributed by atoms with Crippen molar-refractivity contribution in [2.75, 3.05) is 12.4 Å². The number of nitrogens with one attached hydrogen (secondary N) is 2. The average molecular weight is 186 g/mol. The van der Waals surface area contributed by atoms with E-state index in [0.29, 0.717) is 10.7 Å². The summed E-state index contributed by atoms with van der Waals surface area (Å²) in [6, 6.07) is 1.32. The van der Waals surface area contributed by atoms with Crippen molar-refractivity contribution < 1.29 is 4.79 Å². The lowest BCUT2D eigenvalue weighted by Gasteiger charge is -2.04. The minimum Gasteiger partial charge on any atom is -0.341 e. The van der Waals surface area contributed by atoms with Gasteiger partial charge in [-0.15, -0.1) is 0 Å². The topological polar surface area (TPSA) is 54.0 Å². The molecule has 0 unspecified atom stereocenters. The molecule has 0 atom stereocenters. The lowest BCUT2D eigenvalue weighted by atomic mass is 10.4. The first-order valence-corrected chi connectivity index (χ1v) is 3.70. The molecule has 12 heavy (non-hydrogen) atoms. The van der Waals surface area contributed by atoms with Crippen LogP contribution >= 0.6 is 11.6 Å². The smallest absolute Gasteiger partial charge is 0.319 e. The zero-order valence-corrected chi connectivity index (χ0v) is 7.22. The second-order valence-corrected chi connectivity index (χ2v) is 2.47. The first-order valence-electron chi connectivity index (χ1n) is 3.32. The number of nitrogens with zero attached hydrogens (tertiary/aromatic N) is 1. The van der Waals surface area contributed by atoms with Crippen molar-refractivity contribution in [3.63, 3.8) is 0 Å². The molecule has 1 rings (SSSR count). The van der Waals surface area contributed by atoms with Crippen LogP contribution < -0.4 is 10.6 Å². The minimum absolute atomic E-state index is 0.303. The summed E-state index contributed by atoms with van der Waals surface area (Å²) in [6.07, 6.45) is 3.02. The maximum atomic E-state index is 10.8. The number of anilines is 1. The van der Waals surface area contributed by atoms with Gasteiger partial charge in [-0.25, -0.2) is 4.79 Å². The molecule has 4 nitrogen and oxygen atoms in total. The quantitative estimate of drug-likeness (QED) is 0.697. The van der Waals surface area contributed by atoms with Crippen molar-refractivity contribution in [3.8, 4) is 0 Å². The fourth-order valence-electron chi connectivity index (χ4n) is 0.661. The number of pyridine rings is 1. The Labute approximate surface area is 74.9 Å². The summed E-state index contributed by atoms with van der Waals surface area (Å²) in [4.78, 5) is 14.6. The van der Waals surface area contributed by atoms with E-state index in [2.05, 4.69) is 15.6 Å². The number of carbonyl (C=O) groups is 1. The van der Waals surface area contributed by atoms with Crippen molar-refractivity contribution in [2.24, 2.45) is 0 Å². The molecule has 2 amide bonds. The van der Waals surface area contributed by atoms with Crippen molar-refractivity contribution in [2.45, 2.75) is 0 Å². The van der Waals surface area contributed by atoms with E-state index in [9.17, 15) is 4.79 Å². The van der Waals surface area contributed by atoms with Crippen LogP contribution in [0.25, 0.3) is 0 Å². The SMILES string of the molecule is CNC(=O)Nc1ccncc1Cl. The van der Waals surface area contributed by atoms with Gasteiger partial charge < -0.3 is 10.6 Å². The highest BCUT2D eigenvalue weighted by Crippen LogP contribution is 2.18. The van der Waals surface area contributed by atoms with Gasteiger partial charge in [-0.1, -0.05) is 11.6 Å². The van der Waals surface area contributed by atoms with E-state index in [0.717, 1.165) is 0 Å². The molecule has 0 saturated carbocycles. The Balaban J connectivity index is 2.75. The van der Waals surface area contributed by atoms with Gasteiger partial charge in [-0.2, -0.15) is 0 Å². The van der Waals surface area contributed by atoms with Gasteiger partial charge in [0.2, 0.25) is 0 Å². The van der Waals surface area contributed by atoms with Gasteiger partial charge in [0, 0.05) is 19.4 Å². The average Bonchev–Trinajstić information content (AvgIpc) is 2.09. The molecule has 5 heteroatoms. The third-order valence-corrected chi connectivity index (χ3v) is 1.55. The Kier molecular flexibility index (Phi) is 2.88. The van der Waals surface area contributed by atoms with Crippen LogP contribution in [0.15, 0.2) is 18.5 Å². The van der Waals surface area contributed by atoms with Gasteiger partial charge in [0.15, 0.2) is 0 Å². The van der Waals surface area contributed by atoms with Gasteiger partial charge in [0.05, 0.1) is 10.7 Å². The molecule has 0 aliphatic rings. The van der Waals surface area contributed by atoms with E-state index in [-0.39, 0.29) is 6.03 Å². The molecule has 1 heterocycles. The van der Waals surface area contributed by atoms with E-state index >= 15 is 0 Å². The van der Waals surface area contributed by atoms with E-state index in [1.54, 1.807) is 12.3 Å². The monoisotopic (exact) mass is 185 g/mol. The predicted molar refractivity (Wildman–Crippen MR) is 47.3 cm³/mol. The van der Waals surface area contributed by atoms with Crippen LogP contribution in [0.2, 0.25) is 5.02 Å². The van der Waals surface area contributed by atoms with Crippen LogP contribution in [0, 0.1) is 0 Å². The van der Waals surface area contributed by atoms with E-state index < -0.39 is 0 Å². The fourth-order valence-corrected chi connectivity index (χ4v) is 0.828. The van der Waals surface area contributed by atoms with Gasteiger partial charge in [0.1, 0.15) is 0 Å². The van der Waals surface area contributed by atoms with Gasteiger partial charge >= 0.3 is 6.03 Å². The molecule has 64 valence electrons. The number of carbonyl (C=O) groups excluding carboxylic acids is 1. The van der Waals surface area contributed by atoms with Crippen molar-refractivity contribution >= 4 is 23.3 Å². The highest BCUT2D eigenvalue weighted by molar-refractivity contribution is 6.33. The Morgan fingerprint density at radius 2 is 2.42 bits per heavy atom. The summed E-state index contributed by atoms with van der Waals surface area (Å²) in [5.41, 5.74) is 0.547. The van der Waals surface area contributed by atoms with Crippen LogP contribution in [0.4, 0.5) is 10.5 Å². The predicted octanol–water partition coefficient (Wildman–Crippen LogP) is 1.49. The molecule has 1 aromatic rings. The number of hydrogen-bond donors (Lipinski definition) is 2. The normalized spacial score (nSPS) is 9.17. The van der Waals surface area contributed by atoms with Crippen LogP contribution in [-0.2, 0) is 0 Å². The van der Waals surface area contributed by atoms with E-state index in [4.69, 9.17) is 11.6 Å². The third-order valence-electron chi connectivity index (χ3n) is 1.25. The molecule has 0 bridgehead atoms. The second-order valence-electron chi connectivity index (χ2n) is 2.06. The molecule has 2 N–H and O–H groups in total. The van der Waals surface area contributed by atoms with Crippen LogP contribution in [-0.4, -0.2) is 18.1 Å². The highest BCUT2D eigenvalue weighted by atomic mass is 35.5. The van der Waals surface area contributed by atoms with Crippen LogP contribution in [0.1, 0.15) is 0 Å². The van der Waals surface area contributed by atoms with Gasteiger partial charge in [-0.3, -0.25) is 4.98 Å². The number of amides is 2. The number of halogens is 1. The van der Waals surface area contributed by atoms with Gasteiger partial charge in [-0.05, 0) is 6.07 Å². The molecule has 0 aliphatic carbocycles. The zero-order valence-electron chi connectivity index (χ0n) is 6.47. The minimum atomic E-state index is -0.303. The molecule has 1 aromatic heterocycles. The first-order chi connectivity index (χ1) is 5.74. The highest BCUT2D eigenvalue weighted by Gasteiger charge is 2.01. The van der Waals surface area contributed by atoms with Crippen molar-refractivity contribution in [1.29, 1.82) is 0 Å². The maximum Gasteiger partial charge on any atom is 0.319 e. The molecule has 0 fully saturated rings. The van der Waals surface area contributed by atoms with E-state index in [1.165, 1.54) is 13.2 Å². The third kappa shape index (κ3) is 2.10. The summed E-state index contributed by atoms with van der Waals surface area (Å²) < 4.78 is 0. The number of rotatable bonds is 1. The molecule has 0 aliphatic heterocycles. The van der Waals surface area contributed by atoms with E-state index in [1.807, 2.05) is 0 Å². The maximum absolute atomic E-state index is 10.8. The van der Waals surface area contributed by atoms with Crippen LogP contribution in [0.3, 0.4) is 0 Å². The Morgan fingerprint density at radius 1 is 1.67 bits per heavy atom. The van der Waals surface area contributed by atoms with Crippen LogP contribution in [0.5, 0.6) is 0 Å². The van der Waals surface area contributed by atoms with Crippen molar-refractivity contribution in [1.82, 2.24) is 10.3 Å². The van der Waals surface area contributed by atoms with Gasteiger partial charge in [0.25, 0.3) is 0 Å².